The molecule has 1 aliphatic rings. The predicted octanol–water partition coefficient (Wildman–Crippen LogP) is 0.797. The van der Waals surface area contributed by atoms with Gasteiger partial charge in [-0.15, -0.1) is 5.92 Å². The van der Waals surface area contributed by atoms with Crippen LogP contribution in [0.25, 0.3) is 0 Å². The number of nitrogens with zero attached hydrogens (tertiary/aromatic N) is 1. The molecule has 0 aromatic heterocycles. The van der Waals surface area contributed by atoms with Gasteiger partial charge >= 0.3 is 0 Å². The number of carbonyl (C=O) groups excluding carboxylic acids is 1. The average molecular weight is 415 g/mol. The number of aliphatic hydroxyl groups excluding tert-OH is 1. The van der Waals surface area contributed by atoms with E-state index in [0.717, 1.165) is 4.31 Å². The fourth-order valence-corrected chi connectivity index (χ4v) is 5.94. The molecule has 2 atom stereocenters. The summed E-state index contributed by atoms with van der Waals surface area (Å²) in [5.74, 6) is 4.91. The second-order valence-corrected chi connectivity index (χ2v) is 9.92. The lowest BCUT2D eigenvalue weighted by atomic mass is 10.0. The van der Waals surface area contributed by atoms with E-state index in [0.29, 0.717) is 5.75 Å². The summed E-state index contributed by atoms with van der Waals surface area (Å²) < 4.78 is 31.7. The van der Waals surface area contributed by atoms with Crippen LogP contribution in [0.15, 0.2) is 29.2 Å². The summed E-state index contributed by atoms with van der Waals surface area (Å²) >= 11 is 1.46. The van der Waals surface area contributed by atoms with Gasteiger partial charge < -0.3 is 9.84 Å². The molecule has 1 aliphatic heterocycles. The number of ether oxygens (including phenoxy) is 1. The molecule has 0 bridgehead atoms. The van der Waals surface area contributed by atoms with Crippen molar-refractivity contribution in [1.82, 2.24) is 9.79 Å². The van der Waals surface area contributed by atoms with Crippen molar-refractivity contribution in [1.29, 1.82) is 0 Å². The van der Waals surface area contributed by atoms with E-state index in [-0.39, 0.29) is 17.2 Å². The first kappa shape index (κ1) is 21.5. The van der Waals surface area contributed by atoms with E-state index in [2.05, 4.69) is 11.8 Å². The highest BCUT2D eigenvalue weighted by Crippen LogP contribution is 2.38. The SMILES string of the molecule is CC#CC(O)Oc1ccc(S(=O)(=O)N2CCSC(C)(C)[C@@H]2C(=O)NO)cc1. The lowest BCUT2D eigenvalue weighted by Crippen LogP contribution is -2.61. The third-order valence-corrected chi connectivity index (χ3v) is 7.27. The summed E-state index contributed by atoms with van der Waals surface area (Å²) in [5, 5.41) is 18.6. The molecule has 0 aliphatic carbocycles. The molecule has 3 N–H and O–H groups in total. The molecule has 0 radical (unpaired) electrons. The number of nitrogens with one attached hydrogen (secondary N) is 1. The number of benzene rings is 1. The maximum absolute atomic E-state index is 13.1. The van der Waals surface area contributed by atoms with Gasteiger partial charge in [-0.2, -0.15) is 16.1 Å². The van der Waals surface area contributed by atoms with Crippen LogP contribution in [-0.4, -0.2) is 58.3 Å². The molecule has 1 heterocycles. The van der Waals surface area contributed by atoms with E-state index in [1.54, 1.807) is 26.3 Å². The van der Waals surface area contributed by atoms with E-state index in [1.165, 1.54) is 36.0 Å². The second-order valence-electron chi connectivity index (χ2n) is 6.28. The fourth-order valence-electron chi connectivity index (χ4n) is 2.83. The maximum Gasteiger partial charge on any atom is 0.263 e. The topological polar surface area (TPSA) is 116 Å². The van der Waals surface area contributed by atoms with Crippen LogP contribution in [-0.2, 0) is 14.8 Å². The molecule has 27 heavy (non-hydrogen) atoms. The molecule has 2 rings (SSSR count). The van der Waals surface area contributed by atoms with E-state index >= 15 is 0 Å². The molecule has 1 amide bonds. The zero-order valence-electron chi connectivity index (χ0n) is 15.2. The Kier molecular flexibility index (Phi) is 6.77. The van der Waals surface area contributed by atoms with Gasteiger partial charge in [-0.3, -0.25) is 10.0 Å². The van der Waals surface area contributed by atoms with Crippen LogP contribution in [0.2, 0.25) is 0 Å². The van der Waals surface area contributed by atoms with E-state index < -0.39 is 33.0 Å². The summed E-state index contributed by atoms with van der Waals surface area (Å²) in [7, 11) is -3.99. The van der Waals surface area contributed by atoms with Crippen molar-refractivity contribution in [2.24, 2.45) is 0 Å². The smallest absolute Gasteiger partial charge is 0.263 e. The van der Waals surface area contributed by atoms with Crippen LogP contribution >= 0.6 is 11.8 Å². The van der Waals surface area contributed by atoms with Gasteiger partial charge in [-0.25, -0.2) is 13.9 Å². The van der Waals surface area contributed by atoms with Crippen molar-refractivity contribution in [3.63, 3.8) is 0 Å². The molecule has 1 saturated heterocycles. The molecule has 1 unspecified atom stereocenters. The zero-order valence-corrected chi connectivity index (χ0v) is 16.8. The number of thioether (sulfide) groups is 1. The minimum atomic E-state index is -3.99. The highest BCUT2D eigenvalue weighted by molar-refractivity contribution is 8.00. The summed E-state index contributed by atoms with van der Waals surface area (Å²) in [5.41, 5.74) is 1.57. The fraction of sp³-hybridized carbons (Fsp3) is 0.471. The minimum Gasteiger partial charge on any atom is -0.454 e. The lowest BCUT2D eigenvalue weighted by molar-refractivity contribution is -0.134. The molecule has 148 valence electrons. The highest BCUT2D eigenvalue weighted by Gasteiger charge is 2.48. The molecule has 10 heteroatoms. The van der Waals surface area contributed by atoms with E-state index in [1.807, 2.05) is 0 Å². The molecular weight excluding hydrogens is 392 g/mol. The number of hydrogen-bond donors (Lipinski definition) is 3. The first-order valence-corrected chi connectivity index (χ1v) is 10.5. The number of amides is 1. The van der Waals surface area contributed by atoms with Crippen molar-refractivity contribution < 1.29 is 28.3 Å². The minimum absolute atomic E-state index is 0.0237. The Hall–Kier alpha value is -1.77. The van der Waals surface area contributed by atoms with Crippen molar-refractivity contribution in [2.75, 3.05) is 12.3 Å². The Morgan fingerprint density at radius 3 is 2.59 bits per heavy atom. The Labute approximate surface area is 162 Å². The van der Waals surface area contributed by atoms with Crippen LogP contribution in [0.5, 0.6) is 5.75 Å². The Morgan fingerprint density at radius 1 is 1.41 bits per heavy atom. The van der Waals surface area contributed by atoms with Gasteiger partial charge in [0.15, 0.2) is 0 Å². The summed E-state index contributed by atoms with van der Waals surface area (Å²) in [6.45, 7) is 5.20. The van der Waals surface area contributed by atoms with Crippen molar-refractivity contribution in [3.05, 3.63) is 24.3 Å². The number of hydroxylamine groups is 1. The molecule has 8 nitrogen and oxygen atoms in total. The third kappa shape index (κ3) is 4.75. The Morgan fingerprint density at radius 2 is 2.04 bits per heavy atom. The Bertz CT molecular complexity index is 842. The average Bonchev–Trinajstić information content (AvgIpc) is 2.60. The van der Waals surface area contributed by atoms with E-state index in [4.69, 9.17) is 9.94 Å². The summed E-state index contributed by atoms with van der Waals surface area (Å²) in [6, 6.07) is 4.40. The summed E-state index contributed by atoms with van der Waals surface area (Å²) in [4.78, 5) is 12.1. The van der Waals surface area contributed by atoms with Crippen molar-refractivity contribution in [2.45, 2.75) is 42.7 Å². The molecule has 1 aromatic rings. The van der Waals surface area contributed by atoms with Gasteiger partial charge in [0.25, 0.3) is 12.2 Å². The molecule has 1 aromatic carbocycles. The second kappa shape index (κ2) is 8.50. The molecule has 1 fully saturated rings. The van der Waals surface area contributed by atoms with Gasteiger partial charge in [0, 0.05) is 17.0 Å². The van der Waals surface area contributed by atoms with Crippen molar-refractivity contribution >= 4 is 27.7 Å². The molecule has 0 spiro atoms. The number of sulfonamides is 1. The lowest BCUT2D eigenvalue weighted by Gasteiger charge is -2.43. The van der Waals surface area contributed by atoms with E-state index in [9.17, 15) is 18.3 Å². The van der Waals surface area contributed by atoms with Gasteiger partial charge in [0.05, 0.1) is 4.90 Å². The third-order valence-electron chi connectivity index (χ3n) is 4.04. The number of carbonyl (C=O) groups is 1. The highest BCUT2D eigenvalue weighted by atomic mass is 32.2. The first-order valence-electron chi connectivity index (χ1n) is 8.10. The van der Waals surface area contributed by atoms with Gasteiger partial charge in [-0.05, 0) is 51.0 Å². The normalized spacial score (nSPS) is 20.9. The van der Waals surface area contributed by atoms with Gasteiger partial charge in [0.2, 0.25) is 10.0 Å². The van der Waals surface area contributed by atoms with Crippen LogP contribution in [0, 0.1) is 11.8 Å². The van der Waals surface area contributed by atoms with Gasteiger partial charge in [0.1, 0.15) is 11.8 Å². The predicted molar refractivity (Wildman–Crippen MR) is 101 cm³/mol. The number of hydrogen-bond acceptors (Lipinski definition) is 7. The van der Waals surface area contributed by atoms with Crippen LogP contribution < -0.4 is 10.2 Å². The first-order chi connectivity index (χ1) is 12.6. The van der Waals surface area contributed by atoms with Crippen LogP contribution in [0.1, 0.15) is 20.8 Å². The number of rotatable bonds is 5. The maximum atomic E-state index is 13.1. The molecule has 0 saturated carbocycles. The molecular formula is C17H22N2O6S2. The van der Waals surface area contributed by atoms with Crippen LogP contribution in [0.3, 0.4) is 0 Å². The monoisotopic (exact) mass is 414 g/mol. The largest absolute Gasteiger partial charge is 0.454 e. The Balaban J connectivity index is 2.32. The van der Waals surface area contributed by atoms with Crippen LogP contribution in [0.4, 0.5) is 0 Å². The summed E-state index contributed by atoms with van der Waals surface area (Å²) in [6.07, 6.45) is -1.31. The zero-order chi connectivity index (χ0) is 20.2. The van der Waals surface area contributed by atoms with Gasteiger partial charge in [-0.1, -0.05) is 0 Å². The standard InChI is InChI=1S/C17H22N2O6S2/c1-4-5-14(20)25-12-6-8-13(9-7-12)27(23,24)19-10-11-26-17(2,3)15(19)16(21)18-22/h6-9,14-15,20,22H,10-11H2,1-3H3,(H,18,21)/t14?,15-/m0/s1. The quantitative estimate of drug-likeness (QED) is 0.282. The van der Waals surface area contributed by atoms with Crippen molar-refractivity contribution in [3.8, 4) is 17.6 Å². The number of aliphatic hydroxyl groups is 1.